The fourth-order valence-corrected chi connectivity index (χ4v) is 2.53. The molecule has 0 aliphatic rings. The number of rotatable bonds is 5. The Morgan fingerprint density at radius 2 is 2.00 bits per heavy atom. The molecule has 0 amide bonds. The molecular formula is C11H14N4O2S. The third-order valence-corrected chi connectivity index (χ3v) is 3.82. The zero-order valence-electron chi connectivity index (χ0n) is 9.94. The van der Waals surface area contributed by atoms with E-state index in [4.69, 9.17) is 0 Å². The topological polar surface area (TPSA) is 76.9 Å². The van der Waals surface area contributed by atoms with Gasteiger partial charge in [-0.05, 0) is 12.1 Å². The van der Waals surface area contributed by atoms with Gasteiger partial charge < -0.3 is 0 Å². The molecule has 6 nitrogen and oxygen atoms in total. The van der Waals surface area contributed by atoms with Gasteiger partial charge >= 0.3 is 0 Å². The molecule has 0 spiro atoms. The summed E-state index contributed by atoms with van der Waals surface area (Å²) < 4.78 is 27.8. The van der Waals surface area contributed by atoms with Gasteiger partial charge in [-0.1, -0.05) is 18.2 Å². The summed E-state index contributed by atoms with van der Waals surface area (Å²) in [4.78, 5) is 4.29. The Hall–Kier alpha value is -1.73. The highest BCUT2D eigenvalue weighted by atomic mass is 32.2. The molecule has 1 aromatic carbocycles. The third-order valence-electron chi connectivity index (χ3n) is 2.34. The molecule has 0 atom stereocenters. The minimum absolute atomic E-state index is 0.263. The molecule has 0 aliphatic carbocycles. The molecule has 18 heavy (non-hydrogen) atoms. The highest BCUT2D eigenvalue weighted by Crippen LogP contribution is 2.06. The van der Waals surface area contributed by atoms with E-state index in [0.717, 1.165) is 0 Å². The van der Waals surface area contributed by atoms with E-state index in [1.165, 1.54) is 0 Å². The van der Waals surface area contributed by atoms with Crippen LogP contribution in [0.15, 0.2) is 41.6 Å². The Labute approximate surface area is 106 Å². The van der Waals surface area contributed by atoms with Gasteiger partial charge in [0.2, 0.25) is 10.0 Å². The van der Waals surface area contributed by atoms with Crippen LogP contribution in [-0.2, 0) is 23.5 Å². The molecule has 0 radical (unpaired) electrons. The smallest absolute Gasteiger partial charge is 0.240 e. The molecule has 1 heterocycles. The van der Waals surface area contributed by atoms with Crippen molar-refractivity contribution in [1.82, 2.24) is 19.5 Å². The standard InChI is InChI=1S/C11H14N4O2S/c1-15-9-12-11(14-15)7-8-13-18(16,17)10-5-3-2-4-6-10/h2-6,9,13H,7-8H2,1H3. The summed E-state index contributed by atoms with van der Waals surface area (Å²) in [6.07, 6.45) is 2.05. The number of sulfonamides is 1. The molecule has 2 aromatic rings. The van der Waals surface area contributed by atoms with Crippen molar-refractivity contribution >= 4 is 10.0 Å². The second-order valence-electron chi connectivity index (χ2n) is 3.80. The summed E-state index contributed by atoms with van der Waals surface area (Å²) in [5.41, 5.74) is 0. The summed E-state index contributed by atoms with van der Waals surface area (Å²) in [7, 11) is -1.67. The summed E-state index contributed by atoms with van der Waals surface area (Å²) in [6.45, 7) is 0.279. The van der Waals surface area contributed by atoms with Crippen LogP contribution in [-0.4, -0.2) is 29.7 Å². The van der Waals surface area contributed by atoms with Gasteiger partial charge in [-0.25, -0.2) is 18.1 Å². The number of nitrogens with one attached hydrogen (secondary N) is 1. The summed E-state index contributed by atoms with van der Waals surface area (Å²) in [5, 5.41) is 4.07. The van der Waals surface area contributed by atoms with Crippen molar-refractivity contribution in [1.29, 1.82) is 0 Å². The highest BCUT2D eigenvalue weighted by Gasteiger charge is 2.12. The third kappa shape index (κ3) is 3.14. The fourth-order valence-electron chi connectivity index (χ4n) is 1.48. The Morgan fingerprint density at radius 3 is 2.61 bits per heavy atom. The van der Waals surface area contributed by atoms with E-state index in [2.05, 4.69) is 14.8 Å². The number of aromatic nitrogens is 3. The van der Waals surface area contributed by atoms with Crippen molar-refractivity contribution in [3.05, 3.63) is 42.5 Å². The molecule has 7 heteroatoms. The van der Waals surface area contributed by atoms with Gasteiger partial charge in [0.15, 0.2) is 5.82 Å². The number of benzene rings is 1. The lowest BCUT2D eigenvalue weighted by Crippen LogP contribution is -2.26. The van der Waals surface area contributed by atoms with E-state index in [9.17, 15) is 8.42 Å². The first-order valence-electron chi connectivity index (χ1n) is 5.47. The highest BCUT2D eigenvalue weighted by molar-refractivity contribution is 7.89. The van der Waals surface area contributed by atoms with E-state index in [-0.39, 0.29) is 11.4 Å². The van der Waals surface area contributed by atoms with Crippen molar-refractivity contribution in [3.63, 3.8) is 0 Å². The number of aryl methyl sites for hydroxylation is 1. The molecule has 96 valence electrons. The first kappa shape index (κ1) is 12.7. The maximum absolute atomic E-state index is 11.9. The summed E-state index contributed by atoms with van der Waals surface area (Å²) >= 11 is 0. The molecular weight excluding hydrogens is 252 g/mol. The van der Waals surface area contributed by atoms with Gasteiger partial charge in [-0.3, -0.25) is 4.68 Å². The van der Waals surface area contributed by atoms with Gasteiger partial charge in [0.1, 0.15) is 6.33 Å². The zero-order chi connectivity index (χ0) is 13.0. The maximum Gasteiger partial charge on any atom is 0.240 e. The van der Waals surface area contributed by atoms with Crippen LogP contribution >= 0.6 is 0 Å². The van der Waals surface area contributed by atoms with Crippen LogP contribution in [0.1, 0.15) is 5.82 Å². The molecule has 0 saturated heterocycles. The van der Waals surface area contributed by atoms with E-state index in [1.54, 1.807) is 48.4 Å². The quantitative estimate of drug-likeness (QED) is 0.846. The van der Waals surface area contributed by atoms with Crippen LogP contribution in [0.25, 0.3) is 0 Å². The SMILES string of the molecule is Cn1cnc(CCNS(=O)(=O)c2ccccc2)n1. The van der Waals surface area contributed by atoms with Crippen molar-refractivity contribution in [3.8, 4) is 0 Å². The Bertz CT molecular complexity index is 607. The maximum atomic E-state index is 11.9. The minimum atomic E-state index is -3.44. The molecule has 1 aromatic heterocycles. The number of hydrogen-bond donors (Lipinski definition) is 1. The lowest BCUT2D eigenvalue weighted by molar-refractivity contribution is 0.580. The van der Waals surface area contributed by atoms with Crippen LogP contribution in [0.3, 0.4) is 0 Å². The Balaban J connectivity index is 1.94. The molecule has 0 unspecified atom stereocenters. The number of nitrogens with zero attached hydrogens (tertiary/aromatic N) is 3. The van der Waals surface area contributed by atoms with Gasteiger partial charge in [0, 0.05) is 20.0 Å². The van der Waals surface area contributed by atoms with Crippen molar-refractivity contribution in [2.24, 2.45) is 7.05 Å². The van der Waals surface area contributed by atoms with Gasteiger partial charge in [-0.15, -0.1) is 0 Å². The molecule has 0 bridgehead atoms. The predicted octanol–water partition coefficient (Wildman–Crippen LogP) is 0.336. The van der Waals surface area contributed by atoms with Crippen LogP contribution in [0, 0.1) is 0 Å². The first-order chi connectivity index (χ1) is 8.58. The van der Waals surface area contributed by atoms with E-state index >= 15 is 0 Å². The molecule has 0 fully saturated rings. The lowest BCUT2D eigenvalue weighted by Gasteiger charge is -2.04. The van der Waals surface area contributed by atoms with E-state index in [1.807, 2.05) is 0 Å². The predicted molar refractivity (Wildman–Crippen MR) is 66.3 cm³/mol. The second kappa shape index (κ2) is 5.28. The minimum Gasteiger partial charge on any atom is -0.256 e. The first-order valence-corrected chi connectivity index (χ1v) is 6.95. The average molecular weight is 266 g/mol. The van der Waals surface area contributed by atoms with Crippen LogP contribution in [0.4, 0.5) is 0 Å². The second-order valence-corrected chi connectivity index (χ2v) is 5.56. The summed E-state index contributed by atoms with van der Waals surface area (Å²) in [6, 6.07) is 8.27. The van der Waals surface area contributed by atoms with Crippen molar-refractivity contribution < 1.29 is 8.42 Å². The zero-order valence-corrected chi connectivity index (χ0v) is 10.8. The molecule has 1 N–H and O–H groups in total. The lowest BCUT2D eigenvalue weighted by atomic mass is 10.4. The van der Waals surface area contributed by atoms with Crippen molar-refractivity contribution in [2.75, 3.05) is 6.54 Å². The summed E-state index contributed by atoms with van der Waals surface area (Å²) in [5.74, 6) is 0.619. The van der Waals surface area contributed by atoms with E-state index in [0.29, 0.717) is 12.2 Å². The number of hydrogen-bond acceptors (Lipinski definition) is 4. The van der Waals surface area contributed by atoms with Crippen molar-refractivity contribution in [2.45, 2.75) is 11.3 Å². The molecule has 0 aliphatic heterocycles. The fraction of sp³-hybridized carbons (Fsp3) is 0.273. The average Bonchev–Trinajstić information content (AvgIpc) is 2.76. The Morgan fingerprint density at radius 1 is 1.28 bits per heavy atom. The molecule has 2 rings (SSSR count). The molecule has 0 saturated carbocycles. The van der Waals surface area contributed by atoms with E-state index < -0.39 is 10.0 Å². The van der Waals surface area contributed by atoms with Gasteiger partial charge in [0.05, 0.1) is 4.90 Å². The van der Waals surface area contributed by atoms with Gasteiger partial charge in [0.25, 0.3) is 0 Å². The monoisotopic (exact) mass is 266 g/mol. The van der Waals surface area contributed by atoms with Crippen LogP contribution in [0.2, 0.25) is 0 Å². The Kier molecular flexibility index (Phi) is 3.73. The van der Waals surface area contributed by atoms with Crippen LogP contribution in [0.5, 0.6) is 0 Å². The van der Waals surface area contributed by atoms with Gasteiger partial charge in [-0.2, -0.15) is 5.10 Å². The van der Waals surface area contributed by atoms with Crippen LogP contribution < -0.4 is 4.72 Å². The normalized spacial score (nSPS) is 11.6. The largest absolute Gasteiger partial charge is 0.256 e.